The van der Waals surface area contributed by atoms with Gasteiger partial charge in [-0.15, -0.1) is 0 Å². The first-order valence-corrected chi connectivity index (χ1v) is 9.81. The zero-order valence-corrected chi connectivity index (χ0v) is 18.3. The standard InChI is InChI=1S/C20H22Cl2F3NO4/c1-5-26(16(27)15-13(10-14(21)22)18(15,2)3)12-8-6-11(7-9-12)19(29,17(28)30-4)20(23,24)25/h6-10,13,15,29H,5H2,1-4H3/t13-,15-,19+/m0/s1. The molecule has 1 aliphatic rings. The first kappa shape index (κ1) is 24.5. The van der Waals surface area contributed by atoms with Gasteiger partial charge >= 0.3 is 12.1 Å². The van der Waals surface area contributed by atoms with Gasteiger partial charge in [-0.3, -0.25) is 4.79 Å². The lowest BCUT2D eigenvalue weighted by molar-refractivity contribution is -0.266. The van der Waals surface area contributed by atoms with Crippen molar-refractivity contribution in [3.05, 3.63) is 40.4 Å². The minimum atomic E-state index is -5.29. The van der Waals surface area contributed by atoms with E-state index in [1.807, 2.05) is 13.8 Å². The number of rotatable bonds is 6. The molecule has 1 aromatic carbocycles. The molecule has 3 atom stereocenters. The van der Waals surface area contributed by atoms with E-state index in [9.17, 15) is 27.9 Å². The number of amides is 1. The molecule has 0 radical (unpaired) electrons. The third-order valence-corrected chi connectivity index (χ3v) is 5.80. The van der Waals surface area contributed by atoms with Gasteiger partial charge in [0.05, 0.1) is 13.0 Å². The van der Waals surface area contributed by atoms with Gasteiger partial charge in [0.2, 0.25) is 5.91 Å². The number of aliphatic hydroxyl groups is 1. The number of benzene rings is 1. The Balaban J connectivity index is 2.35. The molecule has 10 heteroatoms. The van der Waals surface area contributed by atoms with Crippen molar-refractivity contribution >= 4 is 40.8 Å². The summed E-state index contributed by atoms with van der Waals surface area (Å²) in [5.41, 5.74) is -4.58. The highest BCUT2D eigenvalue weighted by atomic mass is 35.5. The van der Waals surface area contributed by atoms with Crippen molar-refractivity contribution in [2.24, 2.45) is 17.3 Å². The van der Waals surface area contributed by atoms with Crippen LogP contribution in [-0.4, -0.2) is 36.8 Å². The van der Waals surface area contributed by atoms with E-state index in [1.54, 1.807) is 13.0 Å². The van der Waals surface area contributed by atoms with Gasteiger partial charge in [0, 0.05) is 17.8 Å². The molecule has 1 saturated carbocycles. The summed E-state index contributed by atoms with van der Waals surface area (Å²) < 4.78 is 44.4. The van der Waals surface area contributed by atoms with Crippen molar-refractivity contribution in [1.29, 1.82) is 0 Å². The van der Waals surface area contributed by atoms with E-state index in [2.05, 4.69) is 4.74 Å². The van der Waals surface area contributed by atoms with Gasteiger partial charge in [-0.05, 0) is 36.5 Å². The fourth-order valence-corrected chi connectivity index (χ4v) is 3.93. The number of anilines is 1. The van der Waals surface area contributed by atoms with Crippen LogP contribution >= 0.6 is 23.2 Å². The maximum atomic E-state index is 13.4. The van der Waals surface area contributed by atoms with Crippen LogP contribution in [0.25, 0.3) is 0 Å². The first-order valence-electron chi connectivity index (χ1n) is 9.05. The lowest BCUT2D eigenvalue weighted by Crippen LogP contribution is -2.49. The van der Waals surface area contributed by atoms with Gasteiger partial charge in [-0.1, -0.05) is 49.2 Å². The molecule has 0 saturated heterocycles. The van der Waals surface area contributed by atoms with Crippen molar-refractivity contribution in [2.75, 3.05) is 18.6 Å². The van der Waals surface area contributed by atoms with E-state index in [0.29, 0.717) is 5.69 Å². The minimum absolute atomic E-state index is 0.0602. The summed E-state index contributed by atoms with van der Waals surface area (Å²) in [6, 6.07) is 4.37. The van der Waals surface area contributed by atoms with Crippen LogP contribution in [-0.2, 0) is 19.9 Å². The highest BCUT2D eigenvalue weighted by molar-refractivity contribution is 6.55. The summed E-state index contributed by atoms with van der Waals surface area (Å²) in [6.07, 6.45) is -3.69. The summed E-state index contributed by atoms with van der Waals surface area (Å²) in [6.45, 7) is 5.77. The average Bonchev–Trinajstić information content (AvgIpc) is 3.19. The normalized spacial score (nSPS) is 21.9. The van der Waals surface area contributed by atoms with Gasteiger partial charge in [-0.25, -0.2) is 4.79 Å². The molecule has 5 nitrogen and oxygen atoms in total. The molecule has 1 amide bonds. The molecule has 1 N–H and O–H groups in total. The Hall–Kier alpha value is -1.77. The summed E-state index contributed by atoms with van der Waals surface area (Å²) in [7, 11) is 0.750. The Morgan fingerprint density at radius 3 is 2.17 bits per heavy atom. The number of alkyl halides is 3. The number of carbonyl (C=O) groups is 2. The van der Waals surface area contributed by atoms with Gasteiger partial charge in [0.25, 0.3) is 5.60 Å². The molecule has 0 unspecified atom stereocenters. The monoisotopic (exact) mass is 467 g/mol. The zero-order chi connectivity index (χ0) is 23.1. The Morgan fingerprint density at radius 1 is 1.23 bits per heavy atom. The molecule has 1 fully saturated rings. The molecule has 2 rings (SSSR count). The zero-order valence-electron chi connectivity index (χ0n) is 16.8. The molecule has 166 valence electrons. The number of ether oxygens (including phenoxy) is 1. The van der Waals surface area contributed by atoms with Crippen molar-refractivity contribution in [2.45, 2.75) is 32.5 Å². The van der Waals surface area contributed by atoms with Crippen LogP contribution in [0.2, 0.25) is 0 Å². The Bertz CT molecular complexity index is 851. The van der Waals surface area contributed by atoms with Gasteiger partial charge in [0.1, 0.15) is 4.49 Å². The molecule has 1 aromatic rings. The number of hydrogen-bond acceptors (Lipinski definition) is 4. The number of esters is 1. The van der Waals surface area contributed by atoms with Gasteiger partial charge in [0.15, 0.2) is 0 Å². The molecule has 0 heterocycles. The maximum absolute atomic E-state index is 13.4. The smallest absolute Gasteiger partial charge is 0.432 e. The Labute approximate surface area is 182 Å². The van der Waals surface area contributed by atoms with Crippen LogP contribution in [0.3, 0.4) is 0 Å². The second kappa shape index (κ2) is 8.40. The number of hydrogen-bond donors (Lipinski definition) is 1. The summed E-state index contributed by atoms with van der Waals surface area (Å²) in [5, 5.41) is 10.1. The predicted molar refractivity (Wildman–Crippen MR) is 107 cm³/mol. The van der Waals surface area contributed by atoms with E-state index in [-0.39, 0.29) is 28.3 Å². The van der Waals surface area contributed by atoms with Crippen LogP contribution < -0.4 is 4.90 Å². The van der Waals surface area contributed by atoms with Crippen LogP contribution in [0.1, 0.15) is 26.3 Å². The fraction of sp³-hybridized carbons (Fsp3) is 0.500. The highest BCUT2D eigenvalue weighted by Crippen LogP contribution is 2.60. The molecule has 30 heavy (non-hydrogen) atoms. The molecule has 0 aliphatic heterocycles. The largest absolute Gasteiger partial charge is 0.466 e. The highest BCUT2D eigenvalue weighted by Gasteiger charge is 2.63. The summed E-state index contributed by atoms with van der Waals surface area (Å²) in [5.74, 6) is -2.65. The van der Waals surface area contributed by atoms with Crippen molar-refractivity contribution in [3.8, 4) is 0 Å². The topological polar surface area (TPSA) is 66.8 Å². The fourth-order valence-electron chi connectivity index (χ4n) is 3.66. The predicted octanol–water partition coefficient (Wildman–Crippen LogP) is 4.55. The first-order chi connectivity index (χ1) is 13.7. The number of allylic oxidation sites excluding steroid dienone is 1. The Morgan fingerprint density at radius 2 is 1.77 bits per heavy atom. The van der Waals surface area contributed by atoms with Crippen LogP contribution in [0, 0.1) is 17.3 Å². The number of halogens is 5. The molecule has 0 aromatic heterocycles. The van der Waals surface area contributed by atoms with Gasteiger partial charge < -0.3 is 14.7 Å². The maximum Gasteiger partial charge on any atom is 0.432 e. The number of methoxy groups -OCH3 is 1. The van der Waals surface area contributed by atoms with Crippen molar-refractivity contribution in [3.63, 3.8) is 0 Å². The van der Waals surface area contributed by atoms with E-state index >= 15 is 0 Å². The third kappa shape index (κ3) is 4.18. The summed E-state index contributed by atoms with van der Waals surface area (Å²) in [4.78, 5) is 26.1. The van der Waals surface area contributed by atoms with Crippen molar-refractivity contribution in [1.82, 2.24) is 0 Å². The van der Waals surface area contributed by atoms with Crippen molar-refractivity contribution < 1.29 is 32.6 Å². The third-order valence-electron chi connectivity index (χ3n) is 5.55. The summed E-state index contributed by atoms with van der Waals surface area (Å²) >= 11 is 11.4. The second-order valence-electron chi connectivity index (χ2n) is 7.61. The average molecular weight is 468 g/mol. The lowest BCUT2D eigenvalue weighted by atomic mass is 9.93. The van der Waals surface area contributed by atoms with E-state index < -0.39 is 29.2 Å². The SMILES string of the molecule is CCN(C(=O)[C@@H]1[C@H](C=C(Cl)Cl)C1(C)C)c1ccc([C@@](O)(C(=O)OC)C(F)(F)F)cc1. The molecular formula is C20H22Cl2F3NO4. The molecule has 0 bridgehead atoms. The van der Waals surface area contributed by atoms with Crippen LogP contribution in [0.5, 0.6) is 0 Å². The Kier molecular flexibility index (Phi) is 6.86. The number of carbonyl (C=O) groups excluding carboxylic acids is 2. The van der Waals surface area contributed by atoms with E-state index in [1.165, 1.54) is 17.0 Å². The van der Waals surface area contributed by atoms with Gasteiger partial charge in [-0.2, -0.15) is 13.2 Å². The minimum Gasteiger partial charge on any atom is -0.466 e. The van der Waals surface area contributed by atoms with E-state index in [0.717, 1.165) is 19.2 Å². The van der Waals surface area contributed by atoms with E-state index in [4.69, 9.17) is 23.2 Å². The second-order valence-corrected chi connectivity index (χ2v) is 8.62. The molecular weight excluding hydrogens is 446 g/mol. The van der Waals surface area contributed by atoms with Crippen LogP contribution in [0.4, 0.5) is 18.9 Å². The molecule has 1 aliphatic carbocycles. The molecule has 0 spiro atoms. The quantitative estimate of drug-likeness (QED) is 0.623. The lowest BCUT2D eigenvalue weighted by Gasteiger charge is -2.29. The number of nitrogens with zero attached hydrogens (tertiary/aromatic N) is 1. The van der Waals surface area contributed by atoms with Crippen LogP contribution in [0.15, 0.2) is 34.8 Å².